The molecule has 34 heteroatoms. The van der Waals surface area contributed by atoms with Gasteiger partial charge in [-0.1, -0.05) is 181 Å². The highest BCUT2D eigenvalue weighted by Crippen LogP contribution is 2.49. The van der Waals surface area contributed by atoms with Gasteiger partial charge in [-0.3, -0.25) is 18.6 Å². The molecule has 5 rings (SSSR count). The van der Waals surface area contributed by atoms with Crippen molar-refractivity contribution in [2.75, 3.05) is 39.6 Å². The largest absolute Gasteiger partial charge is 0.472 e. The van der Waals surface area contributed by atoms with Crippen LogP contribution in [0.5, 0.6) is 0 Å². The van der Waals surface area contributed by atoms with E-state index in [2.05, 4.69) is 13.8 Å². The fourth-order valence-electron chi connectivity index (χ4n) is 12.9. The monoisotopic (exact) mass is 1490 g/mol. The van der Waals surface area contributed by atoms with Crippen molar-refractivity contribution in [3.05, 3.63) is 0 Å². The summed E-state index contributed by atoms with van der Waals surface area (Å²) in [5, 5.41) is 183. The standard InChI is InChI=1S/C67H123O33P/c1-3-5-7-9-11-13-15-17-18-20-21-23-25-27-29-31-44(70)89-35-39(93-45(71)32-30-28-26-24-22-19-16-14-12-10-8-6-4-2)36-92-101(87,88)100-63-61(98-66-59(85)51(77)47(73)41(34-69)95-66)55(81)54(80)56(82)62(63)99-67-60(86)53(79)49(75)43(97-67)38-91-65-58(84)52(78)48(74)42(96-65)37-90-64-57(83)50(76)46(72)40(33-68)94-64/h39-43,46-69,72-86H,3-38H2,1-2H3,(H,87,88)/t39-,40?,41?,42?,43?,46+,47-,48+,49+,50?,51?,52?,53?,54+,55?,56?,57+,58+,59-,60+,61-,62?,63+,64-,65-,66-,67+/m1/s1. The molecule has 1 aliphatic carbocycles. The van der Waals surface area contributed by atoms with E-state index in [4.69, 9.17) is 56.4 Å². The van der Waals surface area contributed by atoms with E-state index in [0.717, 1.165) is 64.2 Å². The molecule has 5 aliphatic rings. The van der Waals surface area contributed by atoms with Crippen LogP contribution in [0.3, 0.4) is 0 Å². The van der Waals surface area contributed by atoms with Gasteiger partial charge in [-0.15, -0.1) is 0 Å². The van der Waals surface area contributed by atoms with Crippen LogP contribution >= 0.6 is 7.82 Å². The van der Waals surface area contributed by atoms with Crippen molar-refractivity contribution in [2.45, 2.75) is 372 Å². The van der Waals surface area contributed by atoms with E-state index >= 15 is 0 Å². The molecule has 0 bridgehead atoms. The molecule has 0 spiro atoms. The maximum Gasteiger partial charge on any atom is 0.472 e. The van der Waals surface area contributed by atoms with Gasteiger partial charge >= 0.3 is 19.8 Å². The minimum atomic E-state index is -5.81. The second-order valence-electron chi connectivity index (χ2n) is 27.6. The molecule has 4 aliphatic heterocycles. The lowest BCUT2D eigenvalue weighted by molar-refractivity contribution is -0.365. The molecule has 0 aromatic rings. The van der Waals surface area contributed by atoms with Gasteiger partial charge in [0, 0.05) is 12.8 Å². The molecule has 101 heavy (non-hydrogen) atoms. The summed E-state index contributed by atoms with van der Waals surface area (Å²) in [7, 11) is -5.81. The first-order chi connectivity index (χ1) is 48.3. The Hall–Kier alpha value is -1.95. The lowest BCUT2D eigenvalue weighted by Gasteiger charge is -2.49. The van der Waals surface area contributed by atoms with Crippen LogP contribution in [0.2, 0.25) is 0 Å². The van der Waals surface area contributed by atoms with Crippen LogP contribution in [0.25, 0.3) is 0 Å². The predicted molar refractivity (Wildman–Crippen MR) is 352 cm³/mol. The Morgan fingerprint density at radius 2 is 0.653 bits per heavy atom. The molecule has 594 valence electrons. The number of aliphatic hydroxyl groups is 17. The molecule has 33 nitrogen and oxygen atoms in total. The molecule has 28 atom stereocenters. The van der Waals surface area contributed by atoms with Gasteiger partial charge in [-0.2, -0.15) is 0 Å². The summed E-state index contributed by atoms with van der Waals surface area (Å²) in [6.45, 7) is -0.891. The maximum atomic E-state index is 14.4. The van der Waals surface area contributed by atoms with Gasteiger partial charge in [-0.05, 0) is 12.8 Å². The normalized spacial score (nSPS) is 36.4. The molecule has 0 aromatic carbocycles. The lowest BCUT2D eigenvalue weighted by Crippen LogP contribution is -2.69. The summed E-state index contributed by atoms with van der Waals surface area (Å²) in [5.41, 5.74) is 0. The van der Waals surface area contributed by atoms with Crippen LogP contribution in [0.4, 0.5) is 0 Å². The highest BCUT2D eigenvalue weighted by atomic mass is 31.2. The zero-order chi connectivity index (χ0) is 74.2. The van der Waals surface area contributed by atoms with Crippen molar-refractivity contribution in [1.82, 2.24) is 0 Å². The van der Waals surface area contributed by atoms with E-state index in [1.807, 2.05) is 0 Å². The summed E-state index contributed by atoms with van der Waals surface area (Å²) < 4.78 is 81.4. The first-order valence-corrected chi connectivity index (χ1v) is 38.4. The number of hydrogen-bond donors (Lipinski definition) is 18. The summed E-state index contributed by atoms with van der Waals surface area (Å²) in [4.78, 5) is 38.2. The third-order valence-electron chi connectivity index (χ3n) is 19.4. The Morgan fingerprint density at radius 1 is 0.356 bits per heavy atom. The molecule has 4 heterocycles. The number of carbonyl (C=O) groups is 2. The van der Waals surface area contributed by atoms with E-state index in [-0.39, 0.29) is 12.8 Å². The van der Waals surface area contributed by atoms with Crippen molar-refractivity contribution in [2.24, 2.45) is 0 Å². The molecule has 0 amide bonds. The number of esters is 2. The van der Waals surface area contributed by atoms with Gasteiger partial charge in [0.25, 0.3) is 0 Å². The van der Waals surface area contributed by atoms with Crippen LogP contribution in [-0.2, 0) is 70.6 Å². The summed E-state index contributed by atoms with van der Waals surface area (Å²) >= 11 is 0. The molecule has 4 saturated heterocycles. The lowest BCUT2D eigenvalue weighted by atomic mass is 9.84. The fourth-order valence-corrected chi connectivity index (χ4v) is 13.9. The summed E-state index contributed by atoms with van der Waals surface area (Å²) in [5.74, 6) is -1.44. The molecule has 18 N–H and O–H groups in total. The van der Waals surface area contributed by atoms with Crippen molar-refractivity contribution in [3.63, 3.8) is 0 Å². The topological polar surface area (TPSA) is 526 Å². The number of rotatable bonds is 50. The Bertz CT molecular complexity index is 2270. The van der Waals surface area contributed by atoms with E-state index in [0.29, 0.717) is 19.3 Å². The minimum Gasteiger partial charge on any atom is -0.462 e. The van der Waals surface area contributed by atoms with Crippen molar-refractivity contribution in [3.8, 4) is 0 Å². The quantitative estimate of drug-likeness (QED) is 0.0213. The number of hydrogen-bond acceptors (Lipinski definition) is 32. The molecule has 0 radical (unpaired) electrons. The van der Waals surface area contributed by atoms with E-state index in [1.54, 1.807) is 0 Å². The van der Waals surface area contributed by atoms with Crippen LogP contribution in [0, 0.1) is 0 Å². The first-order valence-electron chi connectivity index (χ1n) is 36.9. The minimum absolute atomic E-state index is 0.00184. The van der Waals surface area contributed by atoms with Crippen molar-refractivity contribution < 1.29 is 162 Å². The second-order valence-corrected chi connectivity index (χ2v) is 29.0. The molecular weight excluding hydrogens is 1360 g/mol. The smallest absolute Gasteiger partial charge is 0.462 e. The van der Waals surface area contributed by atoms with Crippen LogP contribution < -0.4 is 0 Å². The highest BCUT2D eigenvalue weighted by Gasteiger charge is 2.59. The second kappa shape index (κ2) is 47.8. The van der Waals surface area contributed by atoms with E-state index in [1.165, 1.54) is 96.3 Å². The van der Waals surface area contributed by atoms with Crippen LogP contribution in [0.15, 0.2) is 0 Å². The number of phosphoric ester groups is 1. The first kappa shape index (κ1) is 89.7. The number of ether oxygens (including phenoxy) is 10. The fraction of sp³-hybridized carbons (Fsp3) is 0.970. The molecule has 1 saturated carbocycles. The molecule has 12 unspecified atom stereocenters. The zero-order valence-electron chi connectivity index (χ0n) is 58.7. The van der Waals surface area contributed by atoms with Gasteiger partial charge in [0.1, 0.15) is 141 Å². The SMILES string of the molecule is CCCCCCCCCCCCCCCCCC(=O)OC[C@H](COP(=O)(O)O[C@@H]1C(O[C@@H]2OC(CO[C@@H]3OC(CO[C@@H]4OC(CO)[C@H](O)C(O)[C@@H]4O)[C@H](O)C(O)[C@@H]3O)[C@H](O)C(O)[C@@H]2O)C(O)[C@@H](O)C(O)[C@H]1O[C@H]1OC(CO)[C@@H](O)C(O)[C@H]1O)OC(=O)CCCCCCCCCCCCCCC. The molecule has 5 fully saturated rings. The third-order valence-corrected chi connectivity index (χ3v) is 20.3. The highest BCUT2D eigenvalue weighted by molar-refractivity contribution is 7.47. The number of carbonyl (C=O) groups excluding carboxylic acids is 2. The average molecular weight is 1490 g/mol. The van der Waals surface area contributed by atoms with Crippen LogP contribution in [-0.4, -0.2) is 309 Å². The Kier molecular flexibility index (Phi) is 42.4. The van der Waals surface area contributed by atoms with Gasteiger partial charge in [0.15, 0.2) is 31.3 Å². The molecule has 0 aromatic heterocycles. The number of aliphatic hydroxyl groups excluding tert-OH is 17. The Labute approximate surface area is 591 Å². The Morgan fingerprint density at radius 3 is 1.02 bits per heavy atom. The zero-order valence-corrected chi connectivity index (χ0v) is 59.6. The van der Waals surface area contributed by atoms with Gasteiger partial charge in [-0.25, -0.2) is 4.57 Å². The average Bonchev–Trinajstić information content (AvgIpc) is 0.770. The number of phosphoric acid groups is 1. The van der Waals surface area contributed by atoms with Gasteiger partial charge in [0.2, 0.25) is 0 Å². The third kappa shape index (κ3) is 29.2. The summed E-state index contributed by atoms with van der Waals surface area (Å²) in [6.07, 6.45) is -25.8. The van der Waals surface area contributed by atoms with Crippen molar-refractivity contribution in [1.29, 1.82) is 0 Å². The van der Waals surface area contributed by atoms with Gasteiger partial charge in [0.05, 0.1) is 33.0 Å². The van der Waals surface area contributed by atoms with Crippen molar-refractivity contribution >= 4 is 19.8 Å². The number of unbranched alkanes of at least 4 members (excludes halogenated alkanes) is 26. The van der Waals surface area contributed by atoms with E-state index < -0.39 is 225 Å². The van der Waals surface area contributed by atoms with E-state index in [9.17, 15) is 106 Å². The Balaban J connectivity index is 1.29. The van der Waals surface area contributed by atoms with Crippen LogP contribution in [0.1, 0.15) is 206 Å². The predicted octanol–water partition coefficient (Wildman–Crippen LogP) is -0.199. The molecular formula is C67H123O33P. The summed E-state index contributed by atoms with van der Waals surface area (Å²) in [6, 6.07) is 0. The maximum absolute atomic E-state index is 14.4. The van der Waals surface area contributed by atoms with Gasteiger partial charge < -0.3 is 139 Å².